The summed E-state index contributed by atoms with van der Waals surface area (Å²) in [4.78, 5) is 29.7. The van der Waals surface area contributed by atoms with E-state index in [1.165, 1.54) is 24.5 Å². The van der Waals surface area contributed by atoms with Gasteiger partial charge in [0, 0.05) is 6.20 Å². The molecule has 0 atom stereocenters. The lowest BCUT2D eigenvalue weighted by Gasteiger charge is -2.02. The Hall–Kier alpha value is -2.90. The van der Waals surface area contributed by atoms with Crippen molar-refractivity contribution in [1.29, 1.82) is 0 Å². The average Bonchev–Trinajstić information content (AvgIpc) is 2.40. The van der Waals surface area contributed by atoms with Gasteiger partial charge in [0.2, 0.25) is 5.95 Å². The van der Waals surface area contributed by atoms with Gasteiger partial charge in [0.25, 0.3) is 5.91 Å². The largest absolute Gasteiger partial charge is 0.477 e. The second-order valence-electron chi connectivity index (χ2n) is 3.16. The summed E-state index contributed by atoms with van der Waals surface area (Å²) in [6.07, 6.45) is 3.92. The smallest absolute Gasteiger partial charge is 0.354 e. The Morgan fingerprint density at radius 3 is 2.56 bits per heavy atom. The van der Waals surface area contributed by atoms with Crippen LogP contribution in [0.4, 0.5) is 5.95 Å². The summed E-state index contributed by atoms with van der Waals surface area (Å²) in [5.41, 5.74) is 0.0663. The van der Waals surface area contributed by atoms with E-state index in [0.717, 1.165) is 6.20 Å². The van der Waals surface area contributed by atoms with Gasteiger partial charge in [0.05, 0.1) is 18.0 Å². The van der Waals surface area contributed by atoms with Crippen molar-refractivity contribution in [3.05, 3.63) is 42.0 Å². The topological polar surface area (TPSA) is 118 Å². The second-order valence-corrected chi connectivity index (χ2v) is 3.16. The van der Waals surface area contributed by atoms with E-state index in [1.54, 1.807) is 0 Å². The van der Waals surface area contributed by atoms with Crippen LogP contribution in [0.2, 0.25) is 0 Å². The molecule has 90 valence electrons. The van der Waals surface area contributed by atoms with Crippen LogP contribution >= 0.6 is 0 Å². The number of carbonyl (C=O) groups excluding carboxylic acids is 1. The van der Waals surface area contributed by atoms with Gasteiger partial charge in [-0.3, -0.25) is 10.1 Å². The first-order chi connectivity index (χ1) is 8.66. The molecule has 0 aliphatic heterocycles. The summed E-state index contributed by atoms with van der Waals surface area (Å²) in [6, 6.07) is 2.59. The van der Waals surface area contributed by atoms with Crippen LogP contribution in [0.15, 0.2) is 30.7 Å². The molecule has 18 heavy (non-hydrogen) atoms. The number of carboxylic acids is 1. The van der Waals surface area contributed by atoms with Crippen molar-refractivity contribution in [2.75, 3.05) is 5.32 Å². The zero-order valence-corrected chi connectivity index (χ0v) is 8.94. The molecular formula is C10H7N5O3. The van der Waals surface area contributed by atoms with Crippen LogP contribution in [-0.2, 0) is 0 Å². The predicted molar refractivity (Wildman–Crippen MR) is 59.0 cm³/mol. The minimum atomic E-state index is -1.16. The second kappa shape index (κ2) is 4.95. The maximum atomic E-state index is 11.7. The molecule has 0 radical (unpaired) electrons. The van der Waals surface area contributed by atoms with E-state index in [1.807, 2.05) is 0 Å². The van der Waals surface area contributed by atoms with Gasteiger partial charge in [-0.25, -0.2) is 14.8 Å². The lowest BCUT2D eigenvalue weighted by atomic mass is 10.2. The molecule has 0 aliphatic rings. The van der Waals surface area contributed by atoms with Gasteiger partial charge >= 0.3 is 5.97 Å². The summed E-state index contributed by atoms with van der Waals surface area (Å²) in [5, 5.41) is 18.2. The molecule has 0 saturated heterocycles. The quantitative estimate of drug-likeness (QED) is 0.793. The minimum absolute atomic E-state index is 0.0600. The Kier molecular flexibility index (Phi) is 3.19. The fourth-order valence-electron chi connectivity index (χ4n) is 1.13. The van der Waals surface area contributed by atoms with Crippen molar-refractivity contribution >= 4 is 17.8 Å². The highest BCUT2D eigenvalue weighted by Gasteiger charge is 2.10. The highest BCUT2D eigenvalue weighted by Crippen LogP contribution is 2.03. The van der Waals surface area contributed by atoms with Gasteiger partial charge in [-0.15, -0.1) is 5.10 Å². The molecule has 0 aromatic carbocycles. The zero-order valence-electron chi connectivity index (χ0n) is 8.94. The monoisotopic (exact) mass is 245 g/mol. The molecule has 2 rings (SSSR count). The van der Waals surface area contributed by atoms with E-state index in [9.17, 15) is 9.59 Å². The van der Waals surface area contributed by atoms with E-state index in [2.05, 4.69) is 25.5 Å². The summed E-state index contributed by atoms with van der Waals surface area (Å²) >= 11 is 0. The Bertz CT molecular complexity index is 570. The van der Waals surface area contributed by atoms with E-state index in [4.69, 9.17) is 5.11 Å². The van der Waals surface area contributed by atoms with Gasteiger partial charge in [0.1, 0.15) is 5.69 Å². The molecular weight excluding hydrogens is 238 g/mol. The third kappa shape index (κ3) is 2.61. The van der Waals surface area contributed by atoms with Crippen LogP contribution in [0.3, 0.4) is 0 Å². The molecule has 8 nitrogen and oxygen atoms in total. The number of aromatic carboxylic acids is 1. The fraction of sp³-hybridized carbons (Fsp3) is 0. The van der Waals surface area contributed by atoms with Crippen molar-refractivity contribution in [3.63, 3.8) is 0 Å². The molecule has 2 aromatic heterocycles. The number of nitrogens with zero attached hydrogens (tertiary/aromatic N) is 4. The Morgan fingerprint density at radius 1 is 1.17 bits per heavy atom. The molecule has 2 heterocycles. The number of hydrogen-bond acceptors (Lipinski definition) is 6. The highest BCUT2D eigenvalue weighted by atomic mass is 16.4. The number of amides is 1. The van der Waals surface area contributed by atoms with Crippen LogP contribution < -0.4 is 5.32 Å². The number of hydrogen-bond donors (Lipinski definition) is 2. The number of carbonyl (C=O) groups is 2. The number of carboxylic acid groups (broad SMARTS) is 1. The van der Waals surface area contributed by atoms with Crippen molar-refractivity contribution in [2.24, 2.45) is 0 Å². The van der Waals surface area contributed by atoms with Crippen molar-refractivity contribution in [1.82, 2.24) is 20.2 Å². The van der Waals surface area contributed by atoms with Crippen LogP contribution in [0.1, 0.15) is 20.8 Å². The molecule has 0 fully saturated rings. The van der Waals surface area contributed by atoms with E-state index < -0.39 is 11.9 Å². The molecule has 0 saturated carbocycles. The average molecular weight is 245 g/mol. The van der Waals surface area contributed by atoms with Gasteiger partial charge in [-0.05, 0) is 12.1 Å². The van der Waals surface area contributed by atoms with E-state index in [-0.39, 0.29) is 17.2 Å². The lowest BCUT2D eigenvalue weighted by molar-refractivity contribution is 0.0690. The maximum absolute atomic E-state index is 11.7. The summed E-state index contributed by atoms with van der Waals surface area (Å²) < 4.78 is 0. The molecule has 1 amide bonds. The molecule has 0 aliphatic carbocycles. The van der Waals surface area contributed by atoms with Gasteiger partial charge < -0.3 is 5.11 Å². The molecule has 8 heteroatoms. The van der Waals surface area contributed by atoms with Crippen molar-refractivity contribution in [3.8, 4) is 0 Å². The summed E-state index contributed by atoms with van der Waals surface area (Å²) in [5.74, 6) is -1.59. The van der Waals surface area contributed by atoms with Crippen LogP contribution in [0, 0.1) is 0 Å². The minimum Gasteiger partial charge on any atom is -0.477 e. The molecule has 2 aromatic rings. The standard InChI is InChI=1S/C10H7N5O3/c16-8(14-10-11-3-4-13-15-10)6-1-2-7(9(17)18)12-5-6/h1-5H,(H,17,18)(H,11,14,15,16). The van der Waals surface area contributed by atoms with Gasteiger partial charge in [-0.1, -0.05) is 0 Å². The van der Waals surface area contributed by atoms with Crippen molar-refractivity contribution in [2.45, 2.75) is 0 Å². The summed E-state index contributed by atoms with van der Waals surface area (Å²) in [6.45, 7) is 0. The molecule has 0 bridgehead atoms. The molecule has 0 unspecified atom stereocenters. The van der Waals surface area contributed by atoms with Crippen LogP contribution in [0.25, 0.3) is 0 Å². The summed E-state index contributed by atoms with van der Waals surface area (Å²) in [7, 11) is 0. The Labute approximate surface area is 101 Å². The highest BCUT2D eigenvalue weighted by molar-refractivity contribution is 6.03. The van der Waals surface area contributed by atoms with Gasteiger partial charge in [-0.2, -0.15) is 5.10 Å². The normalized spacial score (nSPS) is 9.78. The number of rotatable bonds is 3. The van der Waals surface area contributed by atoms with Crippen LogP contribution in [-0.4, -0.2) is 37.1 Å². The number of nitrogens with one attached hydrogen (secondary N) is 1. The first-order valence-electron chi connectivity index (χ1n) is 4.81. The van der Waals surface area contributed by atoms with E-state index >= 15 is 0 Å². The Balaban J connectivity index is 2.12. The Morgan fingerprint density at radius 2 is 2.00 bits per heavy atom. The molecule has 2 N–H and O–H groups in total. The SMILES string of the molecule is O=C(Nc1nccnn1)c1ccc(C(=O)O)nc1. The lowest BCUT2D eigenvalue weighted by Crippen LogP contribution is -2.15. The van der Waals surface area contributed by atoms with Crippen molar-refractivity contribution < 1.29 is 14.7 Å². The third-order valence-corrected chi connectivity index (χ3v) is 1.95. The number of anilines is 1. The van der Waals surface area contributed by atoms with Gasteiger partial charge in [0.15, 0.2) is 0 Å². The number of pyridine rings is 1. The third-order valence-electron chi connectivity index (χ3n) is 1.95. The molecule has 0 spiro atoms. The fourth-order valence-corrected chi connectivity index (χ4v) is 1.13. The predicted octanol–water partition coefficient (Wildman–Crippen LogP) is 0.217. The maximum Gasteiger partial charge on any atom is 0.354 e. The van der Waals surface area contributed by atoms with E-state index in [0.29, 0.717) is 0 Å². The first kappa shape index (κ1) is 11.6. The number of aromatic nitrogens is 4. The van der Waals surface area contributed by atoms with Crippen LogP contribution in [0.5, 0.6) is 0 Å². The first-order valence-corrected chi connectivity index (χ1v) is 4.81. The zero-order chi connectivity index (χ0) is 13.0.